The minimum atomic E-state index is 0.341. The van der Waals surface area contributed by atoms with Gasteiger partial charge in [-0.25, -0.2) is 0 Å². The SMILES string of the molecule is COCCCCC(=O)CCCOC. The Morgan fingerprint density at radius 3 is 2.08 bits per heavy atom. The maximum Gasteiger partial charge on any atom is 0.133 e. The van der Waals surface area contributed by atoms with Crippen molar-refractivity contribution in [2.45, 2.75) is 32.1 Å². The summed E-state index contributed by atoms with van der Waals surface area (Å²) in [5, 5.41) is 0. The summed E-state index contributed by atoms with van der Waals surface area (Å²) in [5.74, 6) is 0.341. The van der Waals surface area contributed by atoms with E-state index in [1.54, 1.807) is 14.2 Å². The van der Waals surface area contributed by atoms with Gasteiger partial charge in [0.25, 0.3) is 0 Å². The van der Waals surface area contributed by atoms with Crippen LogP contribution in [0, 0.1) is 0 Å². The van der Waals surface area contributed by atoms with Crippen molar-refractivity contribution in [3.63, 3.8) is 0 Å². The van der Waals surface area contributed by atoms with Gasteiger partial charge in [-0.15, -0.1) is 0 Å². The van der Waals surface area contributed by atoms with Crippen LogP contribution in [-0.2, 0) is 14.3 Å². The van der Waals surface area contributed by atoms with E-state index in [1.807, 2.05) is 0 Å². The molecule has 0 aromatic rings. The fourth-order valence-corrected chi connectivity index (χ4v) is 1.11. The number of Topliss-reactive ketones (excluding diaryl/α,β-unsaturated/α-hetero) is 1. The Hall–Kier alpha value is -0.410. The van der Waals surface area contributed by atoms with Crippen LogP contribution >= 0.6 is 0 Å². The number of carbonyl (C=O) groups is 1. The second-order valence-electron chi connectivity index (χ2n) is 3.08. The van der Waals surface area contributed by atoms with E-state index in [1.165, 1.54) is 0 Å². The van der Waals surface area contributed by atoms with Crippen molar-refractivity contribution in [3.05, 3.63) is 0 Å². The molecule has 0 aromatic heterocycles. The third-order valence-electron chi connectivity index (χ3n) is 1.86. The molecule has 13 heavy (non-hydrogen) atoms. The molecule has 0 aliphatic rings. The van der Waals surface area contributed by atoms with E-state index in [-0.39, 0.29) is 0 Å². The average Bonchev–Trinajstić information content (AvgIpc) is 2.13. The number of unbranched alkanes of at least 4 members (excludes halogenated alkanes) is 1. The lowest BCUT2D eigenvalue weighted by atomic mass is 10.1. The molecule has 0 fully saturated rings. The van der Waals surface area contributed by atoms with E-state index in [0.717, 1.165) is 25.9 Å². The second-order valence-corrected chi connectivity index (χ2v) is 3.08. The lowest BCUT2D eigenvalue weighted by Gasteiger charge is -2.00. The average molecular weight is 188 g/mol. The maximum absolute atomic E-state index is 11.2. The molecule has 78 valence electrons. The second kappa shape index (κ2) is 9.68. The summed E-state index contributed by atoms with van der Waals surface area (Å²) in [6, 6.07) is 0. The van der Waals surface area contributed by atoms with Crippen LogP contribution in [0.4, 0.5) is 0 Å². The summed E-state index contributed by atoms with van der Waals surface area (Å²) in [6.07, 6.45) is 4.11. The summed E-state index contributed by atoms with van der Waals surface area (Å²) < 4.78 is 9.75. The van der Waals surface area contributed by atoms with Gasteiger partial charge >= 0.3 is 0 Å². The molecule has 0 rings (SSSR count). The first-order valence-corrected chi connectivity index (χ1v) is 4.81. The molecular weight excluding hydrogens is 168 g/mol. The van der Waals surface area contributed by atoms with Crippen molar-refractivity contribution < 1.29 is 14.3 Å². The third kappa shape index (κ3) is 9.50. The first-order chi connectivity index (χ1) is 6.31. The highest BCUT2D eigenvalue weighted by Crippen LogP contribution is 2.01. The molecule has 0 spiro atoms. The quantitative estimate of drug-likeness (QED) is 0.517. The number of ether oxygens (including phenoxy) is 2. The van der Waals surface area contributed by atoms with Gasteiger partial charge in [0, 0.05) is 40.3 Å². The molecule has 0 aromatic carbocycles. The van der Waals surface area contributed by atoms with Gasteiger partial charge in [0.05, 0.1) is 0 Å². The highest BCUT2D eigenvalue weighted by Gasteiger charge is 2.00. The molecule has 0 saturated carbocycles. The van der Waals surface area contributed by atoms with E-state index in [4.69, 9.17) is 9.47 Å². The Labute approximate surface area is 80.4 Å². The van der Waals surface area contributed by atoms with Crippen LogP contribution in [0.25, 0.3) is 0 Å². The highest BCUT2D eigenvalue weighted by molar-refractivity contribution is 5.78. The van der Waals surface area contributed by atoms with Gasteiger partial charge in [-0.05, 0) is 19.3 Å². The van der Waals surface area contributed by atoms with Gasteiger partial charge in [0.15, 0.2) is 0 Å². The smallest absolute Gasteiger partial charge is 0.133 e. The number of hydrogen-bond acceptors (Lipinski definition) is 3. The number of rotatable bonds is 9. The Bertz CT molecular complexity index is 123. The van der Waals surface area contributed by atoms with Crippen LogP contribution in [0.15, 0.2) is 0 Å². The summed E-state index contributed by atoms with van der Waals surface area (Å²) in [7, 11) is 3.34. The summed E-state index contributed by atoms with van der Waals surface area (Å²) >= 11 is 0. The van der Waals surface area contributed by atoms with Crippen molar-refractivity contribution in [3.8, 4) is 0 Å². The molecule has 0 atom stereocenters. The predicted molar refractivity (Wildman–Crippen MR) is 51.8 cm³/mol. The summed E-state index contributed by atoms with van der Waals surface area (Å²) in [4.78, 5) is 11.2. The highest BCUT2D eigenvalue weighted by atomic mass is 16.5. The molecular formula is C10H20O3. The van der Waals surface area contributed by atoms with E-state index in [2.05, 4.69) is 0 Å². The van der Waals surface area contributed by atoms with Crippen LogP contribution in [0.5, 0.6) is 0 Å². The van der Waals surface area contributed by atoms with Gasteiger partial charge < -0.3 is 9.47 Å². The minimum absolute atomic E-state index is 0.341. The zero-order valence-corrected chi connectivity index (χ0v) is 8.67. The number of hydrogen-bond donors (Lipinski definition) is 0. The van der Waals surface area contributed by atoms with Crippen LogP contribution in [0.3, 0.4) is 0 Å². The summed E-state index contributed by atoms with van der Waals surface area (Å²) in [6.45, 7) is 1.44. The zero-order valence-electron chi connectivity index (χ0n) is 8.67. The molecule has 0 unspecified atom stereocenters. The molecule has 0 aliphatic heterocycles. The molecule has 0 bridgehead atoms. The van der Waals surface area contributed by atoms with E-state index < -0.39 is 0 Å². The van der Waals surface area contributed by atoms with Crippen LogP contribution < -0.4 is 0 Å². The zero-order chi connectivity index (χ0) is 9.94. The number of ketones is 1. The van der Waals surface area contributed by atoms with E-state index >= 15 is 0 Å². The van der Waals surface area contributed by atoms with Crippen LogP contribution in [0.1, 0.15) is 32.1 Å². The number of methoxy groups -OCH3 is 2. The fourth-order valence-electron chi connectivity index (χ4n) is 1.11. The van der Waals surface area contributed by atoms with Crippen LogP contribution in [-0.4, -0.2) is 33.2 Å². The predicted octanol–water partition coefficient (Wildman–Crippen LogP) is 1.80. The molecule has 3 nitrogen and oxygen atoms in total. The largest absolute Gasteiger partial charge is 0.385 e. The standard InChI is InChI=1S/C10H20O3/c1-12-8-4-3-6-10(11)7-5-9-13-2/h3-9H2,1-2H3. The Morgan fingerprint density at radius 2 is 1.46 bits per heavy atom. The first kappa shape index (κ1) is 12.6. The molecule has 3 heteroatoms. The van der Waals surface area contributed by atoms with Crippen molar-refractivity contribution >= 4 is 5.78 Å². The normalized spacial score (nSPS) is 10.3. The lowest BCUT2D eigenvalue weighted by molar-refractivity contribution is -0.119. The fraction of sp³-hybridized carbons (Fsp3) is 0.900. The van der Waals surface area contributed by atoms with Gasteiger partial charge in [-0.3, -0.25) is 4.79 Å². The lowest BCUT2D eigenvalue weighted by Crippen LogP contribution is -2.01. The van der Waals surface area contributed by atoms with E-state index in [0.29, 0.717) is 25.2 Å². The Kier molecular flexibility index (Phi) is 9.37. The molecule has 0 saturated heterocycles. The minimum Gasteiger partial charge on any atom is -0.385 e. The monoisotopic (exact) mass is 188 g/mol. The van der Waals surface area contributed by atoms with Crippen molar-refractivity contribution in [1.82, 2.24) is 0 Å². The van der Waals surface area contributed by atoms with Gasteiger partial charge in [-0.1, -0.05) is 0 Å². The van der Waals surface area contributed by atoms with Crippen molar-refractivity contribution in [1.29, 1.82) is 0 Å². The molecule has 0 N–H and O–H groups in total. The first-order valence-electron chi connectivity index (χ1n) is 4.81. The Morgan fingerprint density at radius 1 is 0.923 bits per heavy atom. The maximum atomic E-state index is 11.2. The van der Waals surface area contributed by atoms with Gasteiger partial charge in [-0.2, -0.15) is 0 Å². The van der Waals surface area contributed by atoms with Crippen molar-refractivity contribution in [2.75, 3.05) is 27.4 Å². The Balaban J connectivity index is 3.11. The molecule has 0 radical (unpaired) electrons. The number of carbonyl (C=O) groups excluding carboxylic acids is 1. The van der Waals surface area contributed by atoms with Crippen molar-refractivity contribution in [2.24, 2.45) is 0 Å². The van der Waals surface area contributed by atoms with E-state index in [9.17, 15) is 4.79 Å². The topological polar surface area (TPSA) is 35.5 Å². The third-order valence-corrected chi connectivity index (χ3v) is 1.86. The summed E-state index contributed by atoms with van der Waals surface area (Å²) in [5.41, 5.74) is 0. The molecule has 0 heterocycles. The molecule has 0 aliphatic carbocycles. The van der Waals surface area contributed by atoms with Gasteiger partial charge in [0.1, 0.15) is 5.78 Å². The molecule has 0 amide bonds. The van der Waals surface area contributed by atoms with Gasteiger partial charge in [0.2, 0.25) is 0 Å². The van der Waals surface area contributed by atoms with Crippen LogP contribution in [0.2, 0.25) is 0 Å².